The SMILES string of the molecule is O=C(Nc1cccc2c1ncn2[C@H]1CNC[C@@H](CO)O1)c1ccccc1. The largest absolute Gasteiger partial charge is 0.394 e. The van der Waals surface area contributed by atoms with Crippen LogP contribution in [0.15, 0.2) is 54.9 Å². The van der Waals surface area contributed by atoms with E-state index in [0.29, 0.717) is 29.9 Å². The number of rotatable bonds is 4. The number of hydrogen-bond acceptors (Lipinski definition) is 5. The summed E-state index contributed by atoms with van der Waals surface area (Å²) >= 11 is 0. The molecule has 1 aliphatic rings. The van der Waals surface area contributed by atoms with Gasteiger partial charge in [-0.2, -0.15) is 0 Å². The van der Waals surface area contributed by atoms with Gasteiger partial charge < -0.3 is 25.0 Å². The molecular formula is C19H20N4O3. The standard InChI is InChI=1S/C19H20N4O3/c24-11-14-9-20-10-17(26-14)23-12-21-18-15(7-4-8-16(18)23)22-19(25)13-5-2-1-3-6-13/h1-8,12,14,17,20,24H,9-11H2,(H,22,25)/t14-,17+/m0/s1. The highest BCUT2D eigenvalue weighted by Crippen LogP contribution is 2.26. The van der Waals surface area contributed by atoms with Crippen molar-refractivity contribution >= 4 is 22.6 Å². The minimum absolute atomic E-state index is 0.0332. The molecule has 0 bridgehead atoms. The lowest BCUT2D eigenvalue weighted by molar-refractivity contribution is -0.0931. The molecule has 3 aromatic rings. The number of aliphatic hydroxyl groups is 1. The number of fused-ring (bicyclic) bond motifs is 1. The van der Waals surface area contributed by atoms with Crippen LogP contribution in [0.1, 0.15) is 16.6 Å². The number of carbonyl (C=O) groups excluding carboxylic acids is 1. The smallest absolute Gasteiger partial charge is 0.255 e. The Hall–Kier alpha value is -2.74. The zero-order valence-corrected chi connectivity index (χ0v) is 14.1. The van der Waals surface area contributed by atoms with Crippen LogP contribution in [0.2, 0.25) is 0 Å². The van der Waals surface area contributed by atoms with Crippen molar-refractivity contribution in [2.24, 2.45) is 0 Å². The van der Waals surface area contributed by atoms with Gasteiger partial charge in [-0.1, -0.05) is 24.3 Å². The van der Waals surface area contributed by atoms with Crippen molar-refractivity contribution in [1.29, 1.82) is 0 Å². The monoisotopic (exact) mass is 352 g/mol. The molecule has 1 saturated heterocycles. The third-order valence-corrected chi connectivity index (χ3v) is 4.44. The lowest BCUT2D eigenvalue weighted by Gasteiger charge is -2.30. The number of para-hydroxylation sites is 1. The first-order valence-electron chi connectivity index (χ1n) is 8.55. The first-order valence-corrected chi connectivity index (χ1v) is 8.55. The molecule has 1 amide bonds. The molecule has 0 saturated carbocycles. The first-order chi connectivity index (χ1) is 12.8. The van der Waals surface area contributed by atoms with Gasteiger partial charge in [0.15, 0.2) is 0 Å². The molecule has 134 valence electrons. The summed E-state index contributed by atoms with van der Waals surface area (Å²) in [7, 11) is 0. The predicted molar refractivity (Wildman–Crippen MR) is 98.0 cm³/mol. The quantitative estimate of drug-likeness (QED) is 0.666. The van der Waals surface area contributed by atoms with Gasteiger partial charge in [0.05, 0.1) is 30.2 Å². The first kappa shape index (κ1) is 16.7. The Morgan fingerprint density at radius 1 is 1.23 bits per heavy atom. The van der Waals surface area contributed by atoms with Gasteiger partial charge in [0, 0.05) is 18.7 Å². The van der Waals surface area contributed by atoms with Gasteiger partial charge in [-0.25, -0.2) is 4.98 Å². The molecule has 1 aliphatic heterocycles. The van der Waals surface area contributed by atoms with Gasteiger partial charge in [0.1, 0.15) is 11.7 Å². The fraction of sp³-hybridized carbons (Fsp3) is 0.263. The van der Waals surface area contributed by atoms with Crippen LogP contribution in [0.5, 0.6) is 0 Å². The number of imidazole rings is 1. The fourth-order valence-electron chi connectivity index (χ4n) is 3.13. The van der Waals surface area contributed by atoms with Crippen molar-refractivity contribution < 1.29 is 14.6 Å². The van der Waals surface area contributed by atoms with Crippen LogP contribution in [0, 0.1) is 0 Å². The molecule has 7 heteroatoms. The number of nitrogens with one attached hydrogen (secondary N) is 2. The number of aromatic nitrogens is 2. The maximum absolute atomic E-state index is 12.4. The van der Waals surface area contributed by atoms with Crippen LogP contribution in [0.4, 0.5) is 5.69 Å². The maximum atomic E-state index is 12.4. The highest BCUT2D eigenvalue weighted by atomic mass is 16.5. The molecule has 4 rings (SSSR count). The molecule has 1 fully saturated rings. The Balaban J connectivity index is 1.62. The number of aliphatic hydroxyl groups excluding tert-OH is 1. The molecule has 2 atom stereocenters. The van der Waals surface area contributed by atoms with E-state index in [0.717, 1.165) is 5.52 Å². The highest BCUT2D eigenvalue weighted by molar-refractivity contribution is 6.08. The van der Waals surface area contributed by atoms with Crippen molar-refractivity contribution in [3.8, 4) is 0 Å². The molecule has 1 aromatic heterocycles. The zero-order valence-electron chi connectivity index (χ0n) is 14.1. The van der Waals surface area contributed by atoms with Crippen LogP contribution in [0.3, 0.4) is 0 Å². The molecule has 2 aromatic carbocycles. The van der Waals surface area contributed by atoms with Gasteiger partial charge in [-0.3, -0.25) is 4.79 Å². The van der Waals surface area contributed by atoms with E-state index in [1.54, 1.807) is 18.5 Å². The predicted octanol–water partition coefficient (Wildman–Crippen LogP) is 1.77. The van der Waals surface area contributed by atoms with Crippen LogP contribution in [0.25, 0.3) is 11.0 Å². The van der Waals surface area contributed by atoms with Gasteiger partial charge in [0.2, 0.25) is 0 Å². The van der Waals surface area contributed by atoms with Crippen LogP contribution >= 0.6 is 0 Å². The van der Waals surface area contributed by atoms with Crippen molar-refractivity contribution in [2.75, 3.05) is 25.0 Å². The van der Waals surface area contributed by atoms with Crippen molar-refractivity contribution in [3.63, 3.8) is 0 Å². The molecule has 0 spiro atoms. The summed E-state index contributed by atoms with van der Waals surface area (Å²) in [6.07, 6.45) is 1.20. The molecule has 3 N–H and O–H groups in total. The van der Waals surface area contributed by atoms with E-state index in [1.807, 2.05) is 41.0 Å². The Morgan fingerprint density at radius 3 is 2.88 bits per heavy atom. The normalized spacial score (nSPS) is 20.2. The number of morpholine rings is 1. The Labute approximate surface area is 150 Å². The van der Waals surface area contributed by atoms with Gasteiger partial charge in [-0.15, -0.1) is 0 Å². The average Bonchev–Trinajstić information content (AvgIpc) is 3.14. The number of nitrogens with zero attached hydrogens (tertiary/aromatic N) is 2. The van der Waals surface area contributed by atoms with Gasteiger partial charge in [-0.05, 0) is 24.3 Å². The summed E-state index contributed by atoms with van der Waals surface area (Å²) in [4.78, 5) is 16.9. The second-order valence-corrected chi connectivity index (χ2v) is 6.20. The zero-order chi connectivity index (χ0) is 17.9. The van der Waals surface area contributed by atoms with E-state index in [-0.39, 0.29) is 24.8 Å². The van der Waals surface area contributed by atoms with Gasteiger partial charge >= 0.3 is 0 Å². The Bertz CT molecular complexity index is 910. The molecule has 7 nitrogen and oxygen atoms in total. The van der Waals surface area contributed by atoms with E-state index < -0.39 is 0 Å². The second-order valence-electron chi connectivity index (χ2n) is 6.20. The number of benzene rings is 2. The lowest BCUT2D eigenvalue weighted by Crippen LogP contribution is -2.44. The summed E-state index contributed by atoms with van der Waals surface area (Å²) in [6.45, 7) is 1.22. The lowest BCUT2D eigenvalue weighted by atomic mass is 10.2. The molecule has 2 heterocycles. The minimum atomic E-state index is -0.258. The van der Waals surface area contributed by atoms with Crippen LogP contribution in [-0.2, 0) is 4.74 Å². The highest BCUT2D eigenvalue weighted by Gasteiger charge is 2.24. The topological polar surface area (TPSA) is 88.4 Å². The van der Waals surface area contributed by atoms with E-state index in [9.17, 15) is 9.90 Å². The third kappa shape index (κ3) is 3.20. The van der Waals surface area contributed by atoms with E-state index >= 15 is 0 Å². The molecule has 0 aliphatic carbocycles. The molecular weight excluding hydrogens is 332 g/mol. The van der Waals surface area contributed by atoms with Crippen LogP contribution in [-0.4, -0.2) is 46.4 Å². The summed E-state index contributed by atoms with van der Waals surface area (Å²) < 4.78 is 7.82. The Morgan fingerprint density at radius 2 is 2.08 bits per heavy atom. The summed E-state index contributed by atoms with van der Waals surface area (Å²) in [5, 5.41) is 15.5. The number of amides is 1. The molecule has 26 heavy (non-hydrogen) atoms. The fourth-order valence-corrected chi connectivity index (χ4v) is 3.13. The van der Waals surface area contributed by atoms with E-state index in [1.165, 1.54) is 0 Å². The maximum Gasteiger partial charge on any atom is 0.255 e. The van der Waals surface area contributed by atoms with Crippen LogP contribution < -0.4 is 10.6 Å². The number of anilines is 1. The third-order valence-electron chi connectivity index (χ3n) is 4.44. The van der Waals surface area contributed by atoms with E-state index in [2.05, 4.69) is 15.6 Å². The van der Waals surface area contributed by atoms with Crippen molar-refractivity contribution in [1.82, 2.24) is 14.9 Å². The summed E-state index contributed by atoms with van der Waals surface area (Å²) in [5.41, 5.74) is 2.81. The number of ether oxygens (including phenoxy) is 1. The van der Waals surface area contributed by atoms with Crippen molar-refractivity contribution in [2.45, 2.75) is 12.3 Å². The second kappa shape index (κ2) is 7.25. The number of carbonyl (C=O) groups is 1. The number of hydrogen-bond donors (Lipinski definition) is 3. The van der Waals surface area contributed by atoms with E-state index in [4.69, 9.17) is 4.74 Å². The minimum Gasteiger partial charge on any atom is -0.394 e. The summed E-state index contributed by atoms with van der Waals surface area (Å²) in [5.74, 6) is -0.177. The average molecular weight is 352 g/mol. The molecule has 0 radical (unpaired) electrons. The van der Waals surface area contributed by atoms with Gasteiger partial charge in [0.25, 0.3) is 5.91 Å². The summed E-state index contributed by atoms with van der Waals surface area (Å²) in [6, 6.07) is 14.7. The molecule has 0 unspecified atom stereocenters. The Kier molecular flexibility index (Phi) is 4.66. The van der Waals surface area contributed by atoms with Crippen molar-refractivity contribution in [3.05, 3.63) is 60.4 Å².